The molecule has 4 N–H and O–H groups in total. The average Bonchev–Trinajstić information content (AvgIpc) is 2.95. The summed E-state index contributed by atoms with van der Waals surface area (Å²) in [6, 6.07) is 14.4. The van der Waals surface area contributed by atoms with E-state index in [9.17, 15) is 9.59 Å². The first kappa shape index (κ1) is 34.8. The van der Waals surface area contributed by atoms with Gasteiger partial charge in [0.25, 0.3) is 0 Å². The van der Waals surface area contributed by atoms with Crippen molar-refractivity contribution in [3.63, 3.8) is 0 Å². The van der Waals surface area contributed by atoms with E-state index in [0.717, 1.165) is 6.42 Å². The third-order valence-electron chi connectivity index (χ3n) is 7.17. The number of amides is 3. The van der Waals surface area contributed by atoms with Crippen LogP contribution in [0, 0.1) is 12.3 Å². The molecule has 0 fully saturated rings. The highest BCUT2D eigenvalue weighted by atomic mass is 16.2. The second-order valence-electron chi connectivity index (χ2n) is 11.2. The van der Waals surface area contributed by atoms with Gasteiger partial charge in [-0.3, -0.25) is 14.4 Å². The molecule has 3 amide bonds. The minimum atomic E-state index is -0.540. The molecule has 7 heteroatoms. The molecule has 228 valence electrons. The maximum absolute atomic E-state index is 13.2. The zero-order valence-electron chi connectivity index (χ0n) is 26.0. The van der Waals surface area contributed by atoms with E-state index in [1.54, 1.807) is 25.1 Å². The number of nitrogens with zero attached hydrogens (tertiary/aromatic N) is 1. The molecule has 1 aliphatic heterocycles. The molecule has 0 aromatic heterocycles. The monoisotopic (exact) mass is 558 g/mol. The number of primary amides is 1. The summed E-state index contributed by atoms with van der Waals surface area (Å²) in [5.74, 6) is -0.152. The summed E-state index contributed by atoms with van der Waals surface area (Å²) in [5.41, 5.74) is 10.7. The summed E-state index contributed by atoms with van der Waals surface area (Å²) in [7, 11) is 1.74. The molecule has 2 aromatic rings. The first-order chi connectivity index (χ1) is 19.0. The fourth-order valence-corrected chi connectivity index (χ4v) is 4.78. The topological polar surface area (TPSA) is 105 Å². The highest BCUT2D eigenvalue weighted by molar-refractivity contribution is 5.90. The Morgan fingerprint density at radius 3 is 2.00 bits per heavy atom. The number of hydrogen-bond acceptors (Lipinski definition) is 4. The van der Waals surface area contributed by atoms with Crippen LogP contribution in [0.15, 0.2) is 42.5 Å². The minimum absolute atomic E-state index is 0. The molecule has 2 aliphatic rings. The molecule has 1 heterocycles. The molecule has 2 atom stereocenters. The van der Waals surface area contributed by atoms with Crippen LogP contribution < -0.4 is 16.4 Å². The average molecular weight is 559 g/mol. The quantitative estimate of drug-likeness (QED) is 0.434. The van der Waals surface area contributed by atoms with Gasteiger partial charge in [0.1, 0.15) is 6.04 Å². The molecule has 0 spiro atoms. The lowest BCUT2D eigenvalue weighted by molar-refractivity contribution is -0.140. The van der Waals surface area contributed by atoms with Crippen molar-refractivity contribution in [2.24, 2.45) is 11.1 Å². The Kier molecular flexibility index (Phi) is 15.2. The third-order valence-corrected chi connectivity index (χ3v) is 7.17. The fraction of sp³-hybridized carbons (Fsp3) is 0.545. The van der Waals surface area contributed by atoms with Crippen molar-refractivity contribution >= 4 is 18.2 Å². The molecule has 0 saturated heterocycles. The predicted molar refractivity (Wildman–Crippen MR) is 171 cm³/mol. The number of hydrogen-bond donors (Lipinski definition) is 3. The standard InChI is InChI=1S/C20H31N3O2.C10H12.C2H6.CH3NO.3H2/c1-13-7-8-15-9-10-23(12-16(15)11-13)19(25)17(20(3,4)5)22-18(24)14(2)21-6;1-2-6-10-8-4-3-7-9(10)5-1;1-2;2-1-3;;;/h7-8,11,14,17,21H,9-10,12H2,1-6H3,(H,22,24);1-2,5-6H,3-4,7-8H2;1-2H3;1H,(H2,2,3);3*1H/t14-,17+;;;;;;/m0....../s1. The Bertz CT molecular complexity index is 1070. The molecule has 1 aliphatic carbocycles. The van der Waals surface area contributed by atoms with E-state index in [4.69, 9.17) is 4.79 Å². The van der Waals surface area contributed by atoms with E-state index in [0.29, 0.717) is 13.1 Å². The predicted octanol–water partition coefficient (Wildman–Crippen LogP) is 5.45. The second kappa shape index (κ2) is 17.5. The van der Waals surface area contributed by atoms with Gasteiger partial charge in [0.05, 0.1) is 6.04 Å². The summed E-state index contributed by atoms with van der Waals surface area (Å²) in [6.45, 7) is 15.1. The van der Waals surface area contributed by atoms with Crippen molar-refractivity contribution in [1.29, 1.82) is 0 Å². The largest absolute Gasteiger partial charge is 0.372 e. The number of nitrogens with two attached hydrogens (primary N) is 1. The summed E-state index contributed by atoms with van der Waals surface area (Å²) in [5, 5.41) is 5.87. The van der Waals surface area contributed by atoms with Gasteiger partial charge in [-0.15, -0.1) is 0 Å². The minimum Gasteiger partial charge on any atom is -0.372 e. The third kappa shape index (κ3) is 10.8. The summed E-state index contributed by atoms with van der Waals surface area (Å²) >= 11 is 0. The first-order valence-corrected chi connectivity index (χ1v) is 14.6. The van der Waals surface area contributed by atoms with Gasteiger partial charge >= 0.3 is 0 Å². The second-order valence-corrected chi connectivity index (χ2v) is 11.2. The molecule has 2 aromatic carbocycles. The fourth-order valence-electron chi connectivity index (χ4n) is 4.78. The number of carbonyl (C=O) groups is 3. The van der Waals surface area contributed by atoms with Crippen LogP contribution in [0.5, 0.6) is 0 Å². The molecule has 40 heavy (non-hydrogen) atoms. The molecule has 0 radical (unpaired) electrons. The highest BCUT2D eigenvalue weighted by Gasteiger charge is 2.37. The van der Waals surface area contributed by atoms with Gasteiger partial charge in [0.2, 0.25) is 18.2 Å². The van der Waals surface area contributed by atoms with Crippen molar-refractivity contribution < 1.29 is 18.7 Å². The Labute approximate surface area is 246 Å². The van der Waals surface area contributed by atoms with Crippen LogP contribution >= 0.6 is 0 Å². The zero-order valence-corrected chi connectivity index (χ0v) is 26.0. The van der Waals surface area contributed by atoms with Gasteiger partial charge in [0.15, 0.2) is 0 Å². The number of aryl methyl sites for hydroxylation is 3. The molecule has 0 unspecified atom stereocenters. The number of carbonyl (C=O) groups excluding carboxylic acids is 3. The molecule has 4 rings (SSSR count). The Morgan fingerprint density at radius 1 is 0.975 bits per heavy atom. The molecular formula is C33H58N4O3. The van der Waals surface area contributed by atoms with Crippen molar-refractivity contribution in [3.8, 4) is 0 Å². The zero-order chi connectivity index (χ0) is 30.3. The molecule has 0 saturated carbocycles. The molecule has 0 bridgehead atoms. The normalized spacial score (nSPS) is 15.1. The number of nitrogens with one attached hydrogen (secondary N) is 2. The van der Waals surface area contributed by atoms with Gasteiger partial charge in [-0.25, -0.2) is 0 Å². The lowest BCUT2D eigenvalue weighted by Gasteiger charge is -2.37. The number of fused-ring (bicyclic) bond motifs is 2. The van der Waals surface area contributed by atoms with Gasteiger partial charge < -0.3 is 21.3 Å². The van der Waals surface area contributed by atoms with Gasteiger partial charge in [0, 0.05) is 17.4 Å². The van der Waals surface area contributed by atoms with E-state index < -0.39 is 6.04 Å². The van der Waals surface area contributed by atoms with Gasteiger partial charge in [-0.1, -0.05) is 82.6 Å². The number of benzene rings is 2. The maximum Gasteiger partial charge on any atom is 0.246 e. The maximum atomic E-state index is 13.2. The van der Waals surface area contributed by atoms with Gasteiger partial charge in [-0.2, -0.15) is 0 Å². The van der Waals surface area contributed by atoms with Gasteiger partial charge in [-0.05, 0) is 80.7 Å². The number of rotatable bonds is 4. The first-order valence-electron chi connectivity index (χ1n) is 14.6. The number of likely N-dealkylation sites (N-methyl/N-ethyl adjacent to an activating group) is 1. The molecule has 7 nitrogen and oxygen atoms in total. The van der Waals surface area contributed by atoms with Crippen molar-refractivity contribution in [1.82, 2.24) is 15.5 Å². The Balaban J connectivity index is -0.000000741. The molecular weight excluding hydrogens is 500 g/mol. The van der Waals surface area contributed by atoms with E-state index in [1.165, 1.54) is 42.4 Å². The SMILES string of the molecule is CC.CN[C@@H](C)C(=O)N[C@H](C(=O)N1CCc2ccc(C)cc2C1)C(C)(C)C.NC=O.[HH].[HH].[HH].c1ccc2c(c1)CCCC2. The smallest absolute Gasteiger partial charge is 0.246 e. The van der Waals surface area contributed by atoms with E-state index in [1.807, 2.05) is 39.5 Å². The van der Waals surface area contributed by atoms with Crippen LogP contribution in [-0.4, -0.2) is 48.8 Å². The van der Waals surface area contributed by atoms with Crippen molar-refractivity contribution in [2.75, 3.05) is 13.6 Å². The highest BCUT2D eigenvalue weighted by Crippen LogP contribution is 2.26. The summed E-state index contributed by atoms with van der Waals surface area (Å²) < 4.78 is 0. The van der Waals surface area contributed by atoms with Crippen molar-refractivity contribution in [3.05, 3.63) is 70.3 Å². The van der Waals surface area contributed by atoms with E-state index in [2.05, 4.69) is 65.8 Å². The van der Waals surface area contributed by atoms with Crippen LogP contribution in [0.2, 0.25) is 0 Å². The van der Waals surface area contributed by atoms with Crippen molar-refractivity contribution in [2.45, 2.75) is 99.2 Å². The van der Waals surface area contributed by atoms with E-state index >= 15 is 0 Å². The van der Waals surface area contributed by atoms with Crippen LogP contribution in [0.4, 0.5) is 0 Å². The van der Waals surface area contributed by atoms with Crippen LogP contribution in [0.3, 0.4) is 0 Å². The van der Waals surface area contributed by atoms with E-state index in [-0.39, 0.29) is 34.0 Å². The van der Waals surface area contributed by atoms with Crippen LogP contribution in [0.1, 0.15) is 86.5 Å². The summed E-state index contributed by atoms with van der Waals surface area (Å²) in [6.07, 6.45) is 6.49. The lowest BCUT2D eigenvalue weighted by atomic mass is 9.85. The van der Waals surface area contributed by atoms with Crippen LogP contribution in [0.25, 0.3) is 0 Å². The lowest BCUT2D eigenvalue weighted by Crippen LogP contribution is -2.57. The Morgan fingerprint density at radius 2 is 1.50 bits per heavy atom. The summed E-state index contributed by atoms with van der Waals surface area (Å²) in [4.78, 5) is 36.0. The van der Waals surface area contributed by atoms with Crippen LogP contribution in [-0.2, 0) is 40.2 Å². The Hall–Kier alpha value is -3.19.